The average Bonchev–Trinajstić information content (AvgIpc) is 3.01. The van der Waals surface area contributed by atoms with Crippen LogP contribution < -0.4 is 10.6 Å². The molecule has 3 nitrogen and oxygen atoms in total. The first-order valence-electron chi connectivity index (χ1n) is 7.86. The fourth-order valence-electron chi connectivity index (χ4n) is 2.32. The molecule has 0 atom stereocenters. The topological polar surface area (TPSA) is 41.1 Å². The summed E-state index contributed by atoms with van der Waals surface area (Å²) in [6.45, 7) is 4.89. The Morgan fingerprint density at radius 2 is 2.09 bits per heavy atom. The molecule has 0 aliphatic rings. The van der Waals surface area contributed by atoms with Gasteiger partial charge in [-0.1, -0.05) is 31.5 Å². The van der Waals surface area contributed by atoms with E-state index in [1.807, 2.05) is 19.1 Å². The van der Waals surface area contributed by atoms with Gasteiger partial charge in [0.05, 0.1) is 0 Å². The molecule has 0 saturated carbocycles. The summed E-state index contributed by atoms with van der Waals surface area (Å²) in [6.07, 6.45) is 4.38. The van der Waals surface area contributed by atoms with Crippen LogP contribution in [0.25, 0.3) is 0 Å². The minimum atomic E-state index is -0.138. The summed E-state index contributed by atoms with van der Waals surface area (Å²) in [4.78, 5) is 13.2. The predicted molar refractivity (Wildman–Crippen MR) is 94.8 cm³/mol. The van der Waals surface area contributed by atoms with Crippen molar-refractivity contribution in [2.45, 2.75) is 39.5 Å². The number of aryl methyl sites for hydroxylation is 2. The molecule has 0 spiro atoms. The van der Waals surface area contributed by atoms with E-state index >= 15 is 0 Å². The van der Waals surface area contributed by atoms with Gasteiger partial charge < -0.3 is 10.6 Å². The molecular formula is C18H24N2OS. The molecule has 118 valence electrons. The number of amides is 2. The highest BCUT2D eigenvalue weighted by Crippen LogP contribution is 2.18. The first-order valence-corrected chi connectivity index (χ1v) is 8.73. The number of nitrogens with one attached hydrogen (secondary N) is 2. The lowest BCUT2D eigenvalue weighted by Crippen LogP contribution is -2.30. The molecule has 0 bridgehead atoms. The second-order valence-electron chi connectivity index (χ2n) is 5.46. The van der Waals surface area contributed by atoms with Crippen LogP contribution >= 0.6 is 11.3 Å². The van der Waals surface area contributed by atoms with Gasteiger partial charge in [0, 0.05) is 17.1 Å². The van der Waals surface area contributed by atoms with E-state index in [1.165, 1.54) is 23.3 Å². The number of unbranched alkanes of at least 4 members (excludes halogenated alkanes) is 1. The summed E-state index contributed by atoms with van der Waals surface area (Å²) in [5.74, 6) is 0. The third-order valence-corrected chi connectivity index (χ3v) is 4.53. The lowest BCUT2D eigenvalue weighted by Gasteiger charge is -2.11. The standard InChI is InChI=1S/C18H24N2OS/c1-3-4-6-15-8-9-17(14(2)13-15)20-18(21)19-11-10-16-7-5-12-22-16/h5,7-9,12-13H,3-4,6,10-11H2,1-2H3,(H2,19,20,21). The molecule has 2 amide bonds. The molecule has 0 unspecified atom stereocenters. The van der Waals surface area contributed by atoms with Crippen molar-refractivity contribution in [3.8, 4) is 0 Å². The van der Waals surface area contributed by atoms with Crippen molar-refractivity contribution < 1.29 is 4.79 Å². The van der Waals surface area contributed by atoms with Crippen LogP contribution in [0.1, 0.15) is 35.8 Å². The van der Waals surface area contributed by atoms with Gasteiger partial charge in [-0.05, 0) is 54.8 Å². The molecule has 1 aromatic carbocycles. The van der Waals surface area contributed by atoms with Crippen LogP contribution in [0.4, 0.5) is 10.5 Å². The molecule has 2 N–H and O–H groups in total. The lowest BCUT2D eigenvalue weighted by molar-refractivity contribution is 0.252. The maximum atomic E-state index is 11.9. The highest BCUT2D eigenvalue weighted by Gasteiger charge is 2.05. The Hall–Kier alpha value is -1.81. The van der Waals surface area contributed by atoms with Gasteiger partial charge in [-0.3, -0.25) is 0 Å². The van der Waals surface area contributed by atoms with E-state index in [9.17, 15) is 4.79 Å². The largest absolute Gasteiger partial charge is 0.338 e. The molecule has 4 heteroatoms. The molecule has 0 saturated heterocycles. The van der Waals surface area contributed by atoms with E-state index < -0.39 is 0 Å². The average molecular weight is 316 g/mol. The van der Waals surface area contributed by atoms with E-state index in [-0.39, 0.29) is 6.03 Å². The minimum Gasteiger partial charge on any atom is -0.338 e. The monoisotopic (exact) mass is 316 g/mol. The predicted octanol–water partition coefficient (Wildman–Crippen LogP) is 4.76. The van der Waals surface area contributed by atoms with Gasteiger partial charge >= 0.3 is 6.03 Å². The Morgan fingerprint density at radius 1 is 1.23 bits per heavy atom. The summed E-state index contributed by atoms with van der Waals surface area (Å²) in [6, 6.07) is 10.2. The Bertz CT molecular complexity index is 593. The maximum Gasteiger partial charge on any atom is 0.319 e. The normalized spacial score (nSPS) is 10.5. The molecule has 1 aromatic heterocycles. The number of hydrogen-bond acceptors (Lipinski definition) is 2. The summed E-state index contributed by atoms with van der Waals surface area (Å²) in [7, 11) is 0. The number of carbonyl (C=O) groups is 1. The van der Waals surface area contributed by atoms with Crippen molar-refractivity contribution in [1.29, 1.82) is 0 Å². The van der Waals surface area contributed by atoms with E-state index in [0.717, 1.165) is 24.1 Å². The number of thiophene rings is 1. The summed E-state index contributed by atoms with van der Waals surface area (Å²) in [5, 5.41) is 7.88. The van der Waals surface area contributed by atoms with Crippen LogP contribution in [-0.2, 0) is 12.8 Å². The molecule has 2 aromatic rings. The van der Waals surface area contributed by atoms with Gasteiger partial charge in [0.1, 0.15) is 0 Å². The molecule has 0 radical (unpaired) electrons. The summed E-state index contributed by atoms with van der Waals surface area (Å²) in [5.41, 5.74) is 3.33. The lowest BCUT2D eigenvalue weighted by atomic mass is 10.0. The highest BCUT2D eigenvalue weighted by atomic mass is 32.1. The quantitative estimate of drug-likeness (QED) is 0.759. The number of carbonyl (C=O) groups excluding carboxylic acids is 1. The van der Waals surface area contributed by atoms with Crippen LogP contribution in [0.3, 0.4) is 0 Å². The third kappa shape index (κ3) is 5.19. The zero-order valence-corrected chi connectivity index (χ0v) is 14.1. The second kappa shape index (κ2) is 8.59. The van der Waals surface area contributed by atoms with E-state index in [0.29, 0.717) is 6.54 Å². The Labute approximate surface area is 136 Å². The van der Waals surface area contributed by atoms with Crippen molar-refractivity contribution in [1.82, 2.24) is 5.32 Å². The van der Waals surface area contributed by atoms with Gasteiger partial charge in [0.15, 0.2) is 0 Å². The molecule has 0 fully saturated rings. The van der Waals surface area contributed by atoms with E-state index in [2.05, 4.69) is 41.1 Å². The van der Waals surface area contributed by atoms with Crippen molar-refractivity contribution in [2.24, 2.45) is 0 Å². The molecule has 2 rings (SSSR count). The number of hydrogen-bond donors (Lipinski definition) is 2. The Morgan fingerprint density at radius 3 is 2.77 bits per heavy atom. The van der Waals surface area contributed by atoms with Crippen molar-refractivity contribution in [3.63, 3.8) is 0 Å². The first-order chi connectivity index (χ1) is 10.7. The minimum absolute atomic E-state index is 0.138. The van der Waals surface area contributed by atoms with Gasteiger partial charge in [-0.2, -0.15) is 0 Å². The molecule has 22 heavy (non-hydrogen) atoms. The Kier molecular flexibility index (Phi) is 6.46. The molecule has 0 aliphatic heterocycles. The maximum absolute atomic E-state index is 11.9. The van der Waals surface area contributed by atoms with Gasteiger partial charge in [-0.15, -0.1) is 11.3 Å². The van der Waals surface area contributed by atoms with Gasteiger partial charge in [-0.25, -0.2) is 4.79 Å². The van der Waals surface area contributed by atoms with Crippen LogP contribution in [0, 0.1) is 6.92 Å². The third-order valence-electron chi connectivity index (χ3n) is 3.60. The van der Waals surface area contributed by atoms with Gasteiger partial charge in [0.25, 0.3) is 0 Å². The van der Waals surface area contributed by atoms with E-state index in [1.54, 1.807) is 11.3 Å². The van der Waals surface area contributed by atoms with Gasteiger partial charge in [0.2, 0.25) is 0 Å². The zero-order chi connectivity index (χ0) is 15.8. The number of rotatable bonds is 7. The van der Waals surface area contributed by atoms with Crippen molar-refractivity contribution in [2.75, 3.05) is 11.9 Å². The fraction of sp³-hybridized carbons (Fsp3) is 0.389. The smallest absolute Gasteiger partial charge is 0.319 e. The van der Waals surface area contributed by atoms with Crippen molar-refractivity contribution >= 4 is 23.1 Å². The summed E-state index contributed by atoms with van der Waals surface area (Å²) < 4.78 is 0. The SMILES string of the molecule is CCCCc1ccc(NC(=O)NCCc2cccs2)c(C)c1. The van der Waals surface area contributed by atoms with Crippen LogP contribution in [0.5, 0.6) is 0 Å². The van der Waals surface area contributed by atoms with Crippen LogP contribution in [-0.4, -0.2) is 12.6 Å². The molecule has 0 aliphatic carbocycles. The zero-order valence-electron chi connectivity index (χ0n) is 13.3. The Balaban J connectivity index is 1.80. The van der Waals surface area contributed by atoms with Crippen LogP contribution in [0.15, 0.2) is 35.7 Å². The summed E-state index contributed by atoms with van der Waals surface area (Å²) >= 11 is 1.72. The van der Waals surface area contributed by atoms with Crippen molar-refractivity contribution in [3.05, 3.63) is 51.7 Å². The number of benzene rings is 1. The number of urea groups is 1. The second-order valence-corrected chi connectivity index (χ2v) is 6.50. The van der Waals surface area contributed by atoms with E-state index in [4.69, 9.17) is 0 Å². The highest BCUT2D eigenvalue weighted by molar-refractivity contribution is 7.09. The first kappa shape index (κ1) is 16.6. The fourth-order valence-corrected chi connectivity index (χ4v) is 3.03. The molecule has 1 heterocycles. The van der Waals surface area contributed by atoms with Crippen LogP contribution in [0.2, 0.25) is 0 Å². The number of anilines is 1. The molecular weight excluding hydrogens is 292 g/mol.